The Hall–Kier alpha value is -3.76. The van der Waals surface area contributed by atoms with E-state index in [0.717, 1.165) is 28.7 Å². The summed E-state index contributed by atoms with van der Waals surface area (Å²) in [6, 6.07) is 8.10. The lowest BCUT2D eigenvalue weighted by atomic mass is 9.91. The minimum absolute atomic E-state index is 0.129. The molecular formula is C24H23ClN4O6. The van der Waals surface area contributed by atoms with Gasteiger partial charge in [0.05, 0.1) is 25.4 Å². The Morgan fingerprint density at radius 2 is 2.06 bits per heavy atom. The van der Waals surface area contributed by atoms with E-state index in [4.69, 9.17) is 25.8 Å². The van der Waals surface area contributed by atoms with Crippen LogP contribution in [-0.4, -0.2) is 59.8 Å². The largest absolute Gasteiger partial charge is 0.493 e. The molecule has 0 saturated carbocycles. The third-order valence-electron chi connectivity index (χ3n) is 6.25. The molecule has 2 N–H and O–H groups in total. The van der Waals surface area contributed by atoms with Gasteiger partial charge in [-0.15, -0.1) is 0 Å². The topological polar surface area (TPSA) is 118 Å². The first kappa shape index (κ1) is 23.0. The highest BCUT2D eigenvalue weighted by Crippen LogP contribution is 2.49. The van der Waals surface area contributed by atoms with Crippen LogP contribution in [-0.2, 0) is 6.42 Å². The molecule has 5 rings (SSSR count). The highest BCUT2D eigenvalue weighted by molar-refractivity contribution is 6.30. The number of likely N-dealkylation sites (N-methyl/N-ethyl adjacent to an activating group) is 1. The van der Waals surface area contributed by atoms with E-state index in [1.807, 2.05) is 13.1 Å². The number of methoxy groups -OCH3 is 1. The number of aliphatic imine (C=N–C) groups is 1. The normalized spacial score (nSPS) is 17.1. The molecule has 35 heavy (non-hydrogen) atoms. The van der Waals surface area contributed by atoms with Crippen LogP contribution in [0.15, 0.2) is 44.9 Å². The summed E-state index contributed by atoms with van der Waals surface area (Å²) in [5.41, 5.74) is 0.752. The molecule has 0 fully saturated rings. The highest BCUT2D eigenvalue weighted by Gasteiger charge is 2.33. The molecule has 2 aliphatic heterocycles. The number of ether oxygens (including phenoxy) is 3. The van der Waals surface area contributed by atoms with Crippen LogP contribution in [0, 0.1) is 0 Å². The maximum absolute atomic E-state index is 12.5. The maximum Gasteiger partial charge on any atom is 0.335 e. The maximum atomic E-state index is 12.5. The molecule has 0 bridgehead atoms. The molecule has 0 aliphatic carbocycles. The number of benzene rings is 2. The summed E-state index contributed by atoms with van der Waals surface area (Å²) in [5.74, 6) is 1.33. The Bertz CT molecular complexity index is 1430. The fourth-order valence-electron chi connectivity index (χ4n) is 4.48. The minimum atomic E-state index is -0.770. The molecule has 3 aromatic rings. The standard InChI is InChI=1S/C24H23ClN4O6/c1-28-8-7-13-9-18-20(35-12-34-18)21(33-2)19(13)17(28)11-26-10-16-22(30)27-24(32)29(23(16)31)15-5-3-14(25)4-6-15/h3-6,9-10,17,31H,7-8,11-12H2,1-2H3,(H,27,30,32)/t17-/m0/s1. The highest BCUT2D eigenvalue weighted by atomic mass is 35.5. The molecule has 182 valence electrons. The predicted octanol–water partition coefficient (Wildman–Crippen LogP) is 2.27. The van der Waals surface area contributed by atoms with Crippen LogP contribution in [0.4, 0.5) is 0 Å². The summed E-state index contributed by atoms with van der Waals surface area (Å²) in [6.45, 7) is 1.21. The molecule has 0 spiro atoms. The van der Waals surface area contributed by atoms with E-state index < -0.39 is 17.1 Å². The number of hydrogen-bond acceptors (Lipinski definition) is 8. The van der Waals surface area contributed by atoms with Gasteiger partial charge in [0.25, 0.3) is 5.56 Å². The van der Waals surface area contributed by atoms with Crippen LogP contribution < -0.4 is 25.5 Å². The number of aromatic amines is 1. The summed E-state index contributed by atoms with van der Waals surface area (Å²) in [7, 11) is 3.57. The molecular weight excluding hydrogens is 476 g/mol. The van der Waals surface area contributed by atoms with Crippen LogP contribution in [0.2, 0.25) is 5.02 Å². The molecule has 0 radical (unpaired) electrons. The number of rotatable bonds is 5. The Balaban J connectivity index is 1.50. The zero-order valence-electron chi connectivity index (χ0n) is 19.1. The lowest BCUT2D eigenvalue weighted by molar-refractivity contribution is 0.170. The van der Waals surface area contributed by atoms with Gasteiger partial charge >= 0.3 is 5.69 Å². The molecule has 1 atom stereocenters. The van der Waals surface area contributed by atoms with Crippen molar-refractivity contribution < 1.29 is 19.3 Å². The van der Waals surface area contributed by atoms with Gasteiger partial charge in [-0.25, -0.2) is 9.36 Å². The zero-order valence-corrected chi connectivity index (χ0v) is 19.8. The average molecular weight is 499 g/mol. The van der Waals surface area contributed by atoms with E-state index in [1.54, 1.807) is 31.4 Å². The van der Waals surface area contributed by atoms with Crippen molar-refractivity contribution in [3.63, 3.8) is 0 Å². The van der Waals surface area contributed by atoms with Crippen molar-refractivity contribution >= 4 is 17.8 Å². The predicted molar refractivity (Wildman–Crippen MR) is 130 cm³/mol. The van der Waals surface area contributed by atoms with Gasteiger partial charge in [0.15, 0.2) is 11.5 Å². The molecule has 0 amide bonds. The lowest BCUT2D eigenvalue weighted by Gasteiger charge is -2.35. The zero-order chi connectivity index (χ0) is 24.7. The Kier molecular flexibility index (Phi) is 6.00. The summed E-state index contributed by atoms with van der Waals surface area (Å²) >= 11 is 5.92. The van der Waals surface area contributed by atoms with Gasteiger partial charge in [-0.1, -0.05) is 11.6 Å². The smallest absolute Gasteiger partial charge is 0.335 e. The van der Waals surface area contributed by atoms with Gasteiger partial charge in [0.1, 0.15) is 5.56 Å². The number of hydrogen-bond donors (Lipinski definition) is 2. The number of nitrogens with zero attached hydrogens (tertiary/aromatic N) is 3. The minimum Gasteiger partial charge on any atom is -0.493 e. The number of H-pyrrole nitrogens is 1. The number of aromatic nitrogens is 2. The molecule has 2 aliphatic rings. The molecule has 11 heteroatoms. The summed E-state index contributed by atoms with van der Waals surface area (Å²) < 4.78 is 17.9. The fourth-order valence-corrected chi connectivity index (χ4v) is 4.61. The second-order valence-corrected chi connectivity index (χ2v) is 8.70. The molecule has 2 aromatic carbocycles. The number of halogens is 1. The van der Waals surface area contributed by atoms with Gasteiger partial charge in [-0.2, -0.15) is 0 Å². The monoisotopic (exact) mass is 498 g/mol. The summed E-state index contributed by atoms with van der Waals surface area (Å²) in [5, 5.41) is 11.2. The second-order valence-electron chi connectivity index (χ2n) is 8.27. The Labute approximate surface area is 205 Å². The third-order valence-corrected chi connectivity index (χ3v) is 6.50. The van der Waals surface area contributed by atoms with Gasteiger partial charge in [0.2, 0.25) is 18.4 Å². The van der Waals surface area contributed by atoms with Gasteiger partial charge in [-0.05, 0) is 49.4 Å². The number of nitrogens with one attached hydrogen (secondary N) is 1. The molecule has 1 aromatic heterocycles. The van der Waals surface area contributed by atoms with Crippen molar-refractivity contribution in [1.82, 2.24) is 14.5 Å². The second kappa shape index (κ2) is 9.12. The van der Waals surface area contributed by atoms with E-state index in [2.05, 4.69) is 14.9 Å². The first-order chi connectivity index (χ1) is 16.9. The average Bonchev–Trinajstić information content (AvgIpc) is 3.30. The van der Waals surface area contributed by atoms with Crippen molar-refractivity contribution in [2.75, 3.05) is 34.0 Å². The lowest BCUT2D eigenvalue weighted by Crippen LogP contribution is -2.34. The van der Waals surface area contributed by atoms with E-state index >= 15 is 0 Å². The van der Waals surface area contributed by atoms with Crippen molar-refractivity contribution in [2.45, 2.75) is 12.5 Å². The van der Waals surface area contributed by atoms with E-state index in [9.17, 15) is 14.7 Å². The van der Waals surface area contributed by atoms with Crippen LogP contribution in [0.3, 0.4) is 0 Å². The summed E-state index contributed by atoms with van der Waals surface area (Å²) in [4.78, 5) is 33.7. The Morgan fingerprint density at radius 3 is 2.80 bits per heavy atom. The SMILES string of the molecule is COc1c2c(cc3c1[C@H](CN=Cc1c(O)n(-c4ccc(Cl)cc4)c(=O)[nH]c1=O)N(C)CC3)OCO2. The van der Waals surface area contributed by atoms with Crippen LogP contribution >= 0.6 is 11.6 Å². The van der Waals surface area contributed by atoms with Crippen molar-refractivity contribution in [2.24, 2.45) is 4.99 Å². The number of fused-ring (bicyclic) bond motifs is 2. The van der Waals surface area contributed by atoms with Crippen molar-refractivity contribution in [3.8, 4) is 28.8 Å². The van der Waals surface area contributed by atoms with Gasteiger partial charge in [0, 0.05) is 23.3 Å². The molecule has 3 heterocycles. The first-order valence-corrected chi connectivity index (χ1v) is 11.3. The fraction of sp³-hybridized carbons (Fsp3) is 0.292. The molecule has 0 saturated heterocycles. The summed E-state index contributed by atoms with van der Waals surface area (Å²) in [6.07, 6.45) is 2.09. The van der Waals surface area contributed by atoms with Crippen molar-refractivity contribution in [3.05, 3.63) is 72.9 Å². The third kappa shape index (κ3) is 4.04. The van der Waals surface area contributed by atoms with E-state index in [-0.39, 0.29) is 24.9 Å². The van der Waals surface area contributed by atoms with Gasteiger partial charge < -0.3 is 19.3 Å². The quantitative estimate of drug-likeness (QED) is 0.518. The van der Waals surface area contributed by atoms with Crippen LogP contribution in [0.5, 0.6) is 23.1 Å². The molecule has 10 nitrogen and oxygen atoms in total. The first-order valence-electron chi connectivity index (χ1n) is 10.9. The molecule has 0 unspecified atom stereocenters. The number of aromatic hydroxyl groups is 1. The Morgan fingerprint density at radius 1 is 1.29 bits per heavy atom. The van der Waals surface area contributed by atoms with E-state index in [1.165, 1.54) is 6.21 Å². The van der Waals surface area contributed by atoms with E-state index in [0.29, 0.717) is 28.0 Å². The van der Waals surface area contributed by atoms with Crippen LogP contribution in [0.25, 0.3) is 5.69 Å². The van der Waals surface area contributed by atoms with Crippen molar-refractivity contribution in [1.29, 1.82) is 0 Å². The van der Waals surface area contributed by atoms with Gasteiger partial charge in [-0.3, -0.25) is 19.7 Å². The van der Waals surface area contributed by atoms with Crippen LogP contribution in [0.1, 0.15) is 22.7 Å².